The van der Waals surface area contributed by atoms with Gasteiger partial charge in [0.1, 0.15) is 16.8 Å². The van der Waals surface area contributed by atoms with Gasteiger partial charge in [-0.2, -0.15) is 0 Å². The molecule has 0 aromatic heterocycles. The molecule has 12 heteroatoms. The predicted octanol–water partition coefficient (Wildman–Crippen LogP) is 1.94. The van der Waals surface area contributed by atoms with E-state index in [4.69, 9.17) is 16.3 Å². The first-order valence-corrected chi connectivity index (χ1v) is 11.9. The van der Waals surface area contributed by atoms with Crippen LogP contribution in [0.25, 0.3) is 0 Å². The fourth-order valence-corrected chi connectivity index (χ4v) is 4.72. The van der Waals surface area contributed by atoms with Crippen LogP contribution in [0.1, 0.15) is 16.8 Å². The van der Waals surface area contributed by atoms with Crippen LogP contribution in [0.2, 0.25) is 5.02 Å². The topological polar surface area (TPSA) is 125 Å². The number of carbonyl (C=O) groups is 3. The lowest BCUT2D eigenvalue weighted by Crippen LogP contribution is -2.59. The van der Waals surface area contributed by atoms with E-state index >= 15 is 0 Å². The zero-order valence-electron chi connectivity index (χ0n) is 19.7. The van der Waals surface area contributed by atoms with Crippen LogP contribution in [-0.2, 0) is 9.59 Å². The molecule has 11 nitrogen and oxygen atoms in total. The third-order valence-electron chi connectivity index (χ3n) is 6.44. The number of halogens is 1. The van der Waals surface area contributed by atoms with Crippen molar-refractivity contribution in [2.45, 2.75) is 12.5 Å². The maximum Gasteiger partial charge on any atom is 0.288 e. The van der Waals surface area contributed by atoms with Gasteiger partial charge in [-0.3, -0.25) is 24.5 Å². The molecule has 0 aliphatic carbocycles. The lowest BCUT2D eigenvalue weighted by atomic mass is 10.0. The quantitative estimate of drug-likeness (QED) is 0.460. The van der Waals surface area contributed by atoms with Crippen molar-refractivity contribution in [3.63, 3.8) is 0 Å². The summed E-state index contributed by atoms with van der Waals surface area (Å²) in [7, 11) is 1.61. The summed E-state index contributed by atoms with van der Waals surface area (Å²) in [5.41, 5.74) is 0.553. The Balaban J connectivity index is 1.43. The summed E-state index contributed by atoms with van der Waals surface area (Å²) in [5, 5.41) is 13.6. The van der Waals surface area contributed by atoms with Gasteiger partial charge in [0.05, 0.1) is 24.0 Å². The summed E-state index contributed by atoms with van der Waals surface area (Å²) in [6, 6.07) is 10.6. The lowest BCUT2D eigenvalue weighted by Gasteiger charge is -2.39. The number of hydrogen-bond donors (Lipinski definition) is 1. The minimum absolute atomic E-state index is 0.0777. The largest absolute Gasteiger partial charge is 0.497 e. The molecule has 1 unspecified atom stereocenters. The van der Waals surface area contributed by atoms with Gasteiger partial charge >= 0.3 is 0 Å². The maximum atomic E-state index is 13.3. The average Bonchev–Trinajstić information content (AvgIpc) is 2.89. The summed E-state index contributed by atoms with van der Waals surface area (Å²) in [4.78, 5) is 54.7. The molecule has 0 spiro atoms. The Morgan fingerprint density at radius 2 is 1.81 bits per heavy atom. The highest BCUT2D eigenvalue weighted by Crippen LogP contribution is 2.30. The van der Waals surface area contributed by atoms with E-state index in [9.17, 15) is 24.5 Å². The van der Waals surface area contributed by atoms with Crippen molar-refractivity contribution in [3.05, 3.63) is 63.2 Å². The highest BCUT2D eigenvalue weighted by Gasteiger charge is 2.38. The molecule has 2 aliphatic rings. The zero-order chi connectivity index (χ0) is 25.8. The number of methoxy groups -OCH3 is 1. The number of piperazine rings is 2. The third kappa shape index (κ3) is 5.20. The van der Waals surface area contributed by atoms with E-state index in [2.05, 4.69) is 10.2 Å². The van der Waals surface area contributed by atoms with Crippen LogP contribution in [-0.4, -0.2) is 84.9 Å². The number of benzene rings is 2. The van der Waals surface area contributed by atoms with Crippen LogP contribution < -0.4 is 15.0 Å². The van der Waals surface area contributed by atoms with Crippen LogP contribution >= 0.6 is 11.6 Å². The standard InChI is InChI=1S/C24H26ClN5O6/c1-36-17-7-5-16(6-8-17)27-11-13-28(14-12-27)21(31)15-20-23(32)26-9-10-29(20)24(33)18-3-2-4-19(22(18)25)30(34)35/h2-8,20H,9-15H2,1H3,(H,26,32). The fourth-order valence-electron chi connectivity index (χ4n) is 4.44. The van der Waals surface area contributed by atoms with Gasteiger partial charge in [-0.15, -0.1) is 0 Å². The minimum atomic E-state index is -1.03. The number of rotatable bonds is 6. The van der Waals surface area contributed by atoms with E-state index in [1.807, 2.05) is 24.3 Å². The van der Waals surface area contributed by atoms with Crippen molar-refractivity contribution in [1.29, 1.82) is 0 Å². The Morgan fingerprint density at radius 3 is 2.44 bits per heavy atom. The molecule has 1 atom stereocenters. The smallest absolute Gasteiger partial charge is 0.288 e. The SMILES string of the molecule is COc1ccc(N2CCN(C(=O)CC3C(=O)NCCN3C(=O)c3cccc([N+](=O)[O-])c3Cl)CC2)cc1. The van der Waals surface area contributed by atoms with E-state index < -0.39 is 28.5 Å². The molecular formula is C24H26ClN5O6. The Hall–Kier alpha value is -3.86. The molecule has 2 fully saturated rings. The summed E-state index contributed by atoms with van der Waals surface area (Å²) in [6.07, 6.45) is -0.188. The Labute approximate surface area is 212 Å². The Kier molecular flexibility index (Phi) is 7.58. The molecular weight excluding hydrogens is 490 g/mol. The summed E-state index contributed by atoms with van der Waals surface area (Å²) < 4.78 is 5.19. The first-order chi connectivity index (χ1) is 17.3. The van der Waals surface area contributed by atoms with Crippen molar-refractivity contribution >= 4 is 40.7 Å². The number of anilines is 1. The van der Waals surface area contributed by atoms with Gasteiger partial charge in [-0.1, -0.05) is 17.7 Å². The van der Waals surface area contributed by atoms with Gasteiger partial charge in [0, 0.05) is 51.0 Å². The number of nitro groups is 1. The van der Waals surface area contributed by atoms with Crippen LogP contribution in [0.15, 0.2) is 42.5 Å². The number of carbonyl (C=O) groups excluding carboxylic acids is 3. The molecule has 2 saturated heterocycles. The van der Waals surface area contributed by atoms with Gasteiger partial charge in [0.15, 0.2) is 0 Å². The second-order valence-corrected chi connectivity index (χ2v) is 8.85. The van der Waals surface area contributed by atoms with Crippen LogP contribution in [0, 0.1) is 10.1 Å². The molecule has 190 valence electrons. The van der Waals surface area contributed by atoms with Gasteiger partial charge in [-0.05, 0) is 30.3 Å². The number of ether oxygens (including phenoxy) is 1. The van der Waals surface area contributed by atoms with E-state index in [1.54, 1.807) is 12.0 Å². The molecule has 2 heterocycles. The monoisotopic (exact) mass is 515 g/mol. The van der Waals surface area contributed by atoms with Crippen molar-refractivity contribution in [3.8, 4) is 5.75 Å². The van der Waals surface area contributed by atoms with Gasteiger partial charge in [0.2, 0.25) is 11.8 Å². The molecule has 0 saturated carbocycles. The molecule has 2 aromatic rings. The molecule has 4 rings (SSSR count). The Morgan fingerprint density at radius 1 is 1.11 bits per heavy atom. The Bertz CT molecular complexity index is 1170. The van der Waals surface area contributed by atoms with Gasteiger partial charge < -0.3 is 24.8 Å². The van der Waals surface area contributed by atoms with Gasteiger partial charge in [-0.25, -0.2) is 0 Å². The molecule has 2 aromatic carbocycles. The molecule has 0 bridgehead atoms. The second-order valence-electron chi connectivity index (χ2n) is 8.47. The number of nitrogens with one attached hydrogen (secondary N) is 1. The molecule has 0 radical (unpaired) electrons. The van der Waals surface area contributed by atoms with Crippen LogP contribution in [0.4, 0.5) is 11.4 Å². The number of hydrogen-bond acceptors (Lipinski definition) is 7. The predicted molar refractivity (Wildman–Crippen MR) is 132 cm³/mol. The maximum absolute atomic E-state index is 13.3. The lowest BCUT2D eigenvalue weighted by molar-refractivity contribution is -0.384. The second kappa shape index (κ2) is 10.8. The normalized spacial score (nSPS) is 18.0. The number of nitrogens with zero attached hydrogens (tertiary/aromatic N) is 4. The minimum Gasteiger partial charge on any atom is -0.497 e. The summed E-state index contributed by atoms with van der Waals surface area (Å²) in [5.74, 6) is -0.541. The highest BCUT2D eigenvalue weighted by atomic mass is 35.5. The first-order valence-electron chi connectivity index (χ1n) is 11.5. The summed E-state index contributed by atoms with van der Waals surface area (Å²) >= 11 is 6.13. The number of nitro benzene ring substituents is 1. The van der Waals surface area contributed by atoms with Crippen LogP contribution in [0.3, 0.4) is 0 Å². The third-order valence-corrected chi connectivity index (χ3v) is 6.83. The van der Waals surface area contributed by atoms with Crippen molar-refractivity contribution < 1.29 is 24.0 Å². The van der Waals surface area contributed by atoms with Crippen molar-refractivity contribution in [1.82, 2.24) is 15.1 Å². The van der Waals surface area contributed by atoms with Crippen LogP contribution in [0.5, 0.6) is 5.75 Å². The van der Waals surface area contributed by atoms with Crippen molar-refractivity contribution in [2.75, 3.05) is 51.3 Å². The van der Waals surface area contributed by atoms with E-state index in [1.165, 1.54) is 23.1 Å². The van der Waals surface area contributed by atoms with E-state index in [0.717, 1.165) is 11.4 Å². The highest BCUT2D eigenvalue weighted by molar-refractivity contribution is 6.35. The number of amides is 3. The van der Waals surface area contributed by atoms with E-state index in [-0.39, 0.29) is 36.0 Å². The zero-order valence-corrected chi connectivity index (χ0v) is 20.4. The summed E-state index contributed by atoms with van der Waals surface area (Å²) in [6.45, 7) is 2.57. The average molecular weight is 516 g/mol. The molecule has 2 aliphatic heterocycles. The molecule has 36 heavy (non-hydrogen) atoms. The van der Waals surface area contributed by atoms with Crippen molar-refractivity contribution in [2.24, 2.45) is 0 Å². The van der Waals surface area contributed by atoms with E-state index in [0.29, 0.717) is 26.2 Å². The molecule has 3 amide bonds. The molecule has 1 N–H and O–H groups in total. The first kappa shape index (κ1) is 25.2. The fraction of sp³-hybridized carbons (Fsp3) is 0.375. The van der Waals surface area contributed by atoms with Gasteiger partial charge in [0.25, 0.3) is 11.6 Å².